The SMILES string of the molecule is O=C(NC1(C(F)(F)F)CC1)c1ncccc1Br. The zero-order chi connectivity index (χ0) is 12.7. The molecule has 17 heavy (non-hydrogen) atoms. The van der Waals surface area contributed by atoms with Gasteiger partial charge in [-0.15, -0.1) is 0 Å². The molecular weight excluding hydrogens is 301 g/mol. The molecular formula is C10H8BrF3N2O. The predicted octanol–water partition coefficient (Wildman–Crippen LogP) is 2.67. The van der Waals surface area contributed by atoms with Gasteiger partial charge in [-0.1, -0.05) is 0 Å². The van der Waals surface area contributed by atoms with Crippen LogP contribution in [0.4, 0.5) is 13.2 Å². The lowest BCUT2D eigenvalue weighted by Gasteiger charge is -2.20. The second kappa shape index (κ2) is 3.97. The Morgan fingerprint density at radius 3 is 2.59 bits per heavy atom. The van der Waals surface area contributed by atoms with Crippen molar-refractivity contribution in [3.8, 4) is 0 Å². The summed E-state index contributed by atoms with van der Waals surface area (Å²) in [5, 5.41) is 2.01. The van der Waals surface area contributed by atoms with Crippen LogP contribution in [0.3, 0.4) is 0 Å². The molecule has 1 aromatic rings. The third kappa shape index (κ3) is 2.29. The molecule has 2 rings (SSSR count). The van der Waals surface area contributed by atoms with Gasteiger partial charge in [0.1, 0.15) is 11.2 Å². The summed E-state index contributed by atoms with van der Waals surface area (Å²) in [5.41, 5.74) is -2.09. The number of rotatable bonds is 2. The topological polar surface area (TPSA) is 42.0 Å². The van der Waals surface area contributed by atoms with Crippen molar-refractivity contribution in [2.24, 2.45) is 0 Å². The maximum Gasteiger partial charge on any atom is 0.411 e. The van der Waals surface area contributed by atoms with Crippen LogP contribution in [-0.2, 0) is 0 Å². The number of alkyl halides is 3. The second-order valence-electron chi connectivity index (χ2n) is 3.87. The Kier molecular flexibility index (Phi) is 2.89. The van der Waals surface area contributed by atoms with Crippen LogP contribution in [0.15, 0.2) is 22.8 Å². The molecule has 3 nitrogen and oxygen atoms in total. The van der Waals surface area contributed by atoms with E-state index in [1.807, 2.05) is 5.32 Å². The summed E-state index contributed by atoms with van der Waals surface area (Å²) in [7, 11) is 0. The van der Waals surface area contributed by atoms with Crippen LogP contribution in [0.5, 0.6) is 0 Å². The molecule has 0 atom stereocenters. The van der Waals surface area contributed by atoms with Crippen molar-refractivity contribution in [1.29, 1.82) is 0 Å². The first kappa shape index (κ1) is 12.3. The van der Waals surface area contributed by atoms with Gasteiger partial charge >= 0.3 is 6.18 Å². The lowest BCUT2D eigenvalue weighted by molar-refractivity contribution is -0.163. The second-order valence-corrected chi connectivity index (χ2v) is 4.72. The Morgan fingerprint density at radius 2 is 2.12 bits per heavy atom. The van der Waals surface area contributed by atoms with Crippen LogP contribution in [0, 0.1) is 0 Å². The zero-order valence-corrected chi connectivity index (χ0v) is 10.1. The molecule has 1 heterocycles. The highest BCUT2D eigenvalue weighted by atomic mass is 79.9. The molecule has 0 spiro atoms. The number of pyridine rings is 1. The highest BCUT2D eigenvalue weighted by Crippen LogP contribution is 2.49. The number of nitrogens with zero attached hydrogens (tertiary/aromatic N) is 1. The lowest BCUT2D eigenvalue weighted by atomic mass is 10.2. The van der Waals surface area contributed by atoms with Gasteiger partial charge in [0.15, 0.2) is 0 Å². The third-order valence-electron chi connectivity index (χ3n) is 2.62. The molecule has 0 aliphatic heterocycles. The average molecular weight is 309 g/mol. The minimum Gasteiger partial charge on any atom is -0.336 e. The van der Waals surface area contributed by atoms with Crippen molar-refractivity contribution >= 4 is 21.8 Å². The van der Waals surface area contributed by atoms with Gasteiger partial charge in [0.2, 0.25) is 0 Å². The van der Waals surface area contributed by atoms with Crippen LogP contribution in [0.25, 0.3) is 0 Å². The Bertz CT molecular complexity index is 457. The summed E-state index contributed by atoms with van der Waals surface area (Å²) in [6, 6.07) is 3.13. The summed E-state index contributed by atoms with van der Waals surface area (Å²) in [6.45, 7) is 0. The Hall–Kier alpha value is -1.11. The number of carbonyl (C=O) groups excluding carboxylic acids is 1. The summed E-state index contributed by atoms with van der Waals surface area (Å²) >= 11 is 3.07. The molecule has 1 aliphatic carbocycles. The summed E-state index contributed by atoms with van der Waals surface area (Å²) in [5.74, 6) is -0.813. The predicted molar refractivity (Wildman–Crippen MR) is 57.4 cm³/mol. The van der Waals surface area contributed by atoms with E-state index in [9.17, 15) is 18.0 Å². The molecule has 1 aromatic heterocycles. The van der Waals surface area contributed by atoms with E-state index in [4.69, 9.17) is 0 Å². The number of hydrogen-bond donors (Lipinski definition) is 1. The fraction of sp³-hybridized carbons (Fsp3) is 0.400. The normalized spacial score (nSPS) is 17.6. The quantitative estimate of drug-likeness (QED) is 0.912. The Labute approximate surface area is 104 Å². The van der Waals surface area contributed by atoms with Gasteiger partial charge in [0, 0.05) is 10.7 Å². The summed E-state index contributed by atoms with van der Waals surface area (Å²) < 4.78 is 38.2. The minimum atomic E-state index is -4.41. The fourth-order valence-electron chi connectivity index (χ4n) is 1.43. The van der Waals surface area contributed by atoms with Crippen molar-refractivity contribution in [1.82, 2.24) is 10.3 Å². The molecule has 1 aliphatic rings. The lowest BCUT2D eigenvalue weighted by Crippen LogP contribution is -2.48. The first-order valence-electron chi connectivity index (χ1n) is 4.85. The van der Waals surface area contributed by atoms with Crippen molar-refractivity contribution in [2.75, 3.05) is 0 Å². The molecule has 1 N–H and O–H groups in total. The number of halogens is 4. The smallest absolute Gasteiger partial charge is 0.336 e. The molecule has 0 radical (unpaired) electrons. The van der Waals surface area contributed by atoms with Crippen LogP contribution < -0.4 is 5.32 Å². The highest BCUT2D eigenvalue weighted by Gasteiger charge is 2.64. The third-order valence-corrected chi connectivity index (χ3v) is 3.26. The van der Waals surface area contributed by atoms with Crippen molar-refractivity contribution in [2.45, 2.75) is 24.6 Å². The van der Waals surface area contributed by atoms with Crippen LogP contribution in [-0.4, -0.2) is 22.6 Å². The van der Waals surface area contributed by atoms with E-state index < -0.39 is 17.6 Å². The fourth-order valence-corrected chi connectivity index (χ4v) is 1.87. The molecule has 0 saturated heterocycles. The molecule has 1 saturated carbocycles. The van der Waals surface area contributed by atoms with Crippen LogP contribution >= 0.6 is 15.9 Å². The van der Waals surface area contributed by atoms with E-state index in [1.54, 1.807) is 12.1 Å². The van der Waals surface area contributed by atoms with Crippen molar-refractivity contribution in [3.63, 3.8) is 0 Å². The first-order valence-corrected chi connectivity index (χ1v) is 5.65. The monoisotopic (exact) mass is 308 g/mol. The van der Waals surface area contributed by atoms with Gasteiger partial charge < -0.3 is 5.32 Å². The van der Waals surface area contributed by atoms with Crippen molar-refractivity contribution in [3.05, 3.63) is 28.5 Å². The zero-order valence-electron chi connectivity index (χ0n) is 8.51. The largest absolute Gasteiger partial charge is 0.411 e. The molecule has 0 unspecified atom stereocenters. The van der Waals surface area contributed by atoms with E-state index >= 15 is 0 Å². The number of nitrogens with one attached hydrogen (secondary N) is 1. The number of amides is 1. The van der Waals surface area contributed by atoms with Gasteiger partial charge in [-0.3, -0.25) is 4.79 Å². The minimum absolute atomic E-state index is 0.0389. The molecule has 7 heteroatoms. The Morgan fingerprint density at radius 1 is 1.47 bits per heavy atom. The maximum absolute atomic E-state index is 12.6. The van der Waals surface area contributed by atoms with Gasteiger partial charge in [0.25, 0.3) is 5.91 Å². The summed E-state index contributed by atoms with van der Waals surface area (Å²) in [6.07, 6.45) is -3.21. The van der Waals surface area contributed by atoms with Gasteiger partial charge in [0.05, 0.1) is 0 Å². The first-order chi connectivity index (χ1) is 7.86. The van der Waals surface area contributed by atoms with Crippen LogP contribution in [0.1, 0.15) is 23.3 Å². The van der Waals surface area contributed by atoms with Gasteiger partial charge in [-0.05, 0) is 40.9 Å². The van der Waals surface area contributed by atoms with E-state index in [2.05, 4.69) is 20.9 Å². The van der Waals surface area contributed by atoms with E-state index in [0.29, 0.717) is 4.47 Å². The number of aromatic nitrogens is 1. The van der Waals surface area contributed by atoms with Gasteiger partial charge in [-0.25, -0.2) is 4.98 Å². The Balaban J connectivity index is 2.16. The van der Waals surface area contributed by atoms with E-state index in [1.165, 1.54) is 6.20 Å². The average Bonchev–Trinajstić information content (AvgIpc) is 2.98. The molecule has 1 amide bonds. The standard InChI is InChI=1S/C10H8BrF3N2O/c11-6-2-1-5-15-7(6)8(17)16-9(3-4-9)10(12,13)14/h1-2,5H,3-4H2,(H,16,17). The van der Waals surface area contributed by atoms with Crippen molar-refractivity contribution < 1.29 is 18.0 Å². The molecule has 1 fully saturated rings. The van der Waals surface area contributed by atoms with Crippen LogP contribution in [0.2, 0.25) is 0 Å². The number of carbonyl (C=O) groups is 1. The summed E-state index contributed by atoms with van der Waals surface area (Å²) in [4.78, 5) is 15.4. The molecule has 92 valence electrons. The van der Waals surface area contributed by atoms with E-state index in [-0.39, 0.29) is 18.5 Å². The number of hydrogen-bond acceptors (Lipinski definition) is 2. The highest BCUT2D eigenvalue weighted by molar-refractivity contribution is 9.10. The maximum atomic E-state index is 12.6. The van der Waals surface area contributed by atoms with Gasteiger partial charge in [-0.2, -0.15) is 13.2 Å². The molecule has 0 aromatic carbocycles. The van der Waals surface area contributed by atoms with E-state index in [0.717, 1.165) is 0 Å². The molecule has 0 bridgehead atoms.